The predicted octanol–water partition coefficient (Wildman–Crippen LogP) is 3.77. The summed E-state index contributed by atoms with van der Waals surface area (Å²) in [6.07, 6.45) is 8.10. The summed E-state index contributed by atoms with van der Waals surface area (Å²) in [6.45, 7) is 0.685. The minimum atomic E-state index is 0.685. The Hall–Kier alpha value is -3.21. The molecular weight excluding hydrogens is 312 g/mol. The molecule has 3 aromatic rings. The molecule has 0 fully saturated rings. The van der Waals surface area contributed by atoms with Crippen molar-refractivity contribution in [2.45, 2.75) is 13.0 Å². The van der Waals surface area contributed by atoms with Crippen LogP contribution >= 0.6 is 0 Å². The van der Waals surface area contributed by atoms with E-state index in [-0.39, 0.29) is 0 Å². The summed E-state index contributed by atoms with van der Waals surface area (Å²) in [5.74, 6) is 0.811. The van der Waals surface area contributed by atoms with Gasteiger partial charge in [0.1, 0.15) is 5.75 Å². The van der Waals surface area contributed by atoms with E-state index in [1.807, 2.05) is 42.7 Å². The molecule has 1 N–H and O–H groups in total. The highest BCUT2D eigenvalue weighted by Gasteiger charge is 2.17. The van der Waals surface area contributed by atoms with Gasteiger partial charge in [0.15, 0.2) is 0 Å². The third-order valence-corrected chi connectivity index (χ3v) is 4.23. The quantitative estimate of drug-likeness (QED) is 0.773. The minimum Gasteiger partial charge on any atom is -0.495 e. The molecule has 0 atom stereocenters. The molecular formula is C20H18N4O. The molecule has 124 valence electrons. The molecule has 25 heavy (non-hydrogen) atoms. The van der Waals surface area contributed by atoms with Crippen molar-refractivity contribution in [3.05, 3.63) is 77.9 Å². The number of hydrogen-bond acceptors (Lipinski definition) is 5. The van der Waals surface area contributed by atoms with Crippen molar-refractivity contribution < 1.29 is 4.74 Å². The summed E-state index contributed by atoms with van der Waals surface area (Å²) in [5, 5.41) is 3.43. The van der Waals surface area contributed by atoms with Crippen molar-refractivity contribution in [2.24, 2.45) is 4.99 Å². The van der Waals surface area contributed by atoms with Gasteiger partial charge >= 0.3 is 0 Å². The first-order valence-electron chi connectivity index (χ1n) is 8.15. The Bertz CT molecular complexity index is 922. The number of anilines is 1. The average molecular weight is 330 g/mol. The number of rotatable bonds is 5. The number of nitrogens with zero attached hydrogens (tertiary/aromatic N) is 3. The molecule has 1 aliphatic heterocycles. The first-order chi connectivity index (χ1) is 12.3. The molecule has 0 bridgehead atoms. The number of ether oxygens (including phenoxy) is 1. The summed E-state index contributed by atoms with van der Waals surface area (Å²) in [7, 11) is 1.68. The van der Waals surface area contributed by atoms with Crippen LogP contribution in [0.3, 0.4) is 0 Å². The van der Waals surface area contributed by atoms with Crippen LogP contribution in [0.5, 0.6) is 5.75 Å². The Morgan fingerprint density at radius 2 is 2.00 bits per heavy atom. The molecule has 0 saturated carbocycles. The lowest BCUT2D eigenvalue weighted by molar-refractivity contribution is 0.416. The molecule has 5 heteroatoms. The van der Waals surface area contributed by atoms with Crippen LogP contribution in [0.15, 0.2) is 66.2 Å². The highest BCUT2D eigenvalue weighted by atomic mass is 16.5. The van der Waals surface area contributed by atoms with Crippen molar-refractivity contribution in [3.8, 4) is 5.75 Å². The molecule has 0 aliphatic carbocycles. The Labute approximate surface area is 146 Å². The molecule has 2 aromatic heterocycles. The maximum absolute atomic E-state index is 5.49. The summed E-state index contributed by atoms with van der Waals surface area (Å²) in [6, 6.07) is 12.0. The van der Waals surface area contributed by atoms with Crippen molar-refractivity contribution in [1.29, 1.82) is 0 Å². The topological polar surface area (TPSA) is 59.4 Å². The van der Waals surface area contributed by atoms with Crippen LogP contribution in [-0.2, 0) is 13.0 Å². The Morgan fingerprint density at radius 1 is 1.08 bits per heavy atom. The van der Waals surface area contributed by atoms with Crippen molar-refractivity contribution in [2.75, 3.05) is 12.4 Å². The second kappa shape index (κ2) is 6.73. The van der Waals surface area contributed by atoms with E-state index in [2.05, 4.69) is 21.4 Å². The van der Waals surface area contributed by atoms with Gasteiger partial charge < -0.3 is 10.1 Å². The van der Waals surface area contributed by atoms with Gasteiger partial charge in [-0.25, -0.2) is 0 Å². The van der Waals surface area contributed by atoms with Gasteiger partial charge in [-0.05, 0) is 41.5 Å². The molecule has 0 spiro atoms. The zero-order valence-electron chi connectivity index (χ0n) is 13.9. The van der Waals surface area contributed by atoms with Crippen LogP contribution in [0.1, 0.15) is 16.7 Å². The Kier molecular flexibility index (Phi) is 4.12. The summed E-state index contributed by atoms with van der Waals surface area (Å²) in [5.41, 5.74) is 6.37. The zero-order valence-corrected chi connectivity index (χ0v) is 13.9. The van der Waals surface area contributed by atoms with E-state index in [1.54, 1.807) is 19.5 Å². The van der Waals surface area contributed by atoms with Crippen LogP contribution in [0, 0.1) is 0 Å². The smallest absolute Gasteiger partial charge is 0.142 e. The van der Waals surface area contributed by atoms with Crippen LogP contribution in [-0.4, -0.2) is 22.8 Å². The number of nitrogens with one attached hydrogen (secondary N) is 1. The lowest BCUT2D eigenvalue weighted by atomic mass is 10.0. The van der Waals surface area contributed by atoms with Crippen LogP contribution in [0.2, 0.25) is 0 Å². The molecule has 3 heterocycles. The number of benzene rings is 1. The minimum absolute atomic E-state index is 0.685. The Morgan fingerprint density at radius 3 is 2.80 bits per heavy atom. The highest BCUT2D eigenvalue weighted by Crippen LogP contribution is 2.31. The lowest BCUT2D eigenvalue weighted by Gasteiger charge is -2.13. The van der Waals surface area contributed by atoms with Crippen molar-refractivity contribution in [1.82, 2.24) is 9.97 Å². The van der Waals surface area contributed by atoms with Gasteiger partial charge in [0, 0.05) is 43.3 Å². The predicted molar refractivity (Wildman–Crippen MR) is 98.7 cm³/mol. The van der Waals surface area contributed by atoms with Gasteiger partial charge in [0.25, 0.3) is 0 Å². The number of fused-ring (bicyclic) bond motifs is 1. The number of methoxy groups -OCH3 is 1. The Balaban J connectivity index is 1.59. The monoisotopic (exact) mass is 330 g/mol. The van der Waals surface area contributed by atoms with Gasteiger partial charge in [-0.15, -0.1) is 0 Å². The van der Waals surface area contributed by atoms with E-state index in [9.17, 15) is 0 Å². The summed E-state index contributed by atoms with van der Waals surface area (Å²) < 4.78 is 5.49. The molecule has 1 aromatic carbocycles. The molecule has 0 amide bonds. The zero-order chi connectivity index (χ0) is 17.1. The van der Waals surface area contributed by atoms with Gasteiger partial charge in [-0.3, -0.25) is 15.0 Å². The molecule has 5 nitrogen and oxygen atoms in total. The van der Waals surface area contributed by atoms with Crippen LogP contribution in [0.4, 0.5) is 11.4 Å². The number of pyridine rings is 2. The second-order valence-corrected chi connectivity index (χ2v) is 5.87. The normalized spacial score (nSPS) is 12.4. The van der Waals surface area contributed by atoms with Gasteiger partial charge in [-0.2, -0.15) is 0 Å². The van der Waals surface area contributed by atoms with E-state index in [4.69, 9.17) is 9.73 Å². The fourth-order valence-corrected chi connectivity index (χ4v) is 2.92. The first kappa shape index (κ1) is 15.3. The molecule has 0 saturated heterocycles. The SMILES string of the molecule is COc1ccc(C2=Nc3ccncc3C2)cc1NCc1cccnc1. The van der Waals surface area contributed by atoms with Crippen LogP contribution in [0.25, 0.3) is 0 Å². The van der Waals surface area contributed by atoms with E-state index < -0.39 is 0 Å². The lowest BCUT2D eigenvalue weighted by Crippen LogP contribution is -2.05. The third-order valence-electron chi connectivity index (χ3n) is 4.23. The fourth-order valence-electron chi connectivity index (χ4n) is 2.92. The maximum Gasteiger partial charge on any atom is 0.142 e. The van der Waals surface area contributed by atoms with Crippen molar-refractivity contribution in [3.63, 3.8) is 0 Å². The third kappa shape index (κ3) is 3.21. The largest absolute Gasteiger partial charge is 0.495 e. The number of aliphatic imine (C=N–C) groups is 1. The first-order valence-corrected chi connectivity index (χ1v) is 8.15. The standard InChI is InChI=1S/C20H18N4O/c1-25-20-5-4-15(18-10-16-13-22-8-6-17(16)24-18)9-19(20)23-12-14-3-2-7-21-11-14/h2-9,11,13,23H,10,12H2,1H3. The molecule has 4 rings (SSSR count). The molecule has 1 aliphatic rings. The van der Waals surface area contributed by atoms with E-state index >= 15 is 0 Å². The van der Waals surface area contributed by atoms with Gasteiger partial charge in [-0.1, -0.05) is 6.07 Å². The van der Waals surface area contributed by atoms with Gasteiger partial charge in [0.05, 0.1) is 24.2 Å². The van der Waals surface area contributed by atoms with E-state index in [1.165, 1.54) is 0 Å². The average Bonchev–Trinajstić information content (AvgIpc) is 3.11. The second-order valence-electron chi connectivity index (χ2n) is 5.87. The summed E-state index contributed by atoms with van der Waals surface area (Å²) >= 11 is 0. The summed E-state index contributed by atoms with van der Waals surface area (Å²) in [4.78, 5) is 13.1. The number of aromatic nitrogens is 2. The van der Waals surface area contributed by atoms with Gasteiger partial charge in [0.2, 0.25) is 0 Å². The molecule has 0 radical (unpaired) electrons. The molecule has 0 unspecified atom stereocenters. The maximum atomic E-state index is 5.49. The fraction of sp³-hybridized carbons (Fsp3) is 0.150. The van der Waals surface area contributed by atoms with E-state index in [0.717, 1.165) is 45.9 Å². The highest BCUT2D eigenvalue weighted by molar-refractivity contribution is 6.07. The number of hydrogen-bond donors (Lipinski definition) is 1. The van der Waals surface area contributed by atoms with E-state index in [0.29, 0.717) is 6.54 Å². The van der Waals surface area contributed by atoms with Crippen molar-refractivity contribution >= 4 is 17.1 Å². The van der Waals surface area contributed by atoms with Crippen LogP contribution < -0.4 is 10.1 Å².